The number of hydrogen-bond donors (Lipinski definition) is 2. The molecule has 0 atom stereocenters. The van der Waals surface area contributed by atoms with Crippen molar-refractivity contribution in [3.05, 3.63) is 58.4 Å². The van der Waals surface area contributed by atoms with Crippen LogP contribution >= 0.6 is 11.6 Å². The predicted octanol–water partition coefficient (Wildman–Crippen LogP) is 4.55. The number of nitrogens with one attached hydrogen (secondary N) is 2. The molecule has 3 aromatic rings. The van der Waals surface area contributed by atoms with Crippen molar-refractivity contribution >= 4 is 17.3 Å². The topological polar surface area (TPSA) is 53.9 Å². The monoisotopic (exact) mass is 301 g/mol. The molecule has 2 N–H and O–H groups in total. The first-order valence-corrected chi connectivity index (χ1v) is 7.10. The molecule has 2 heterocycles. The minimum atomic E-state index is 0.644. The number of halogens is 1. The van der Waals surface area contributed by atoms with E-state index in [9.17, 15) is 0 Å². The Balaban J connectivity index is 1.77. The summed E-state index contributed by atoms with van der Waals surface area (Å²) >= 11 is 6.13. The van der Waals surface area contributed by atoms with E-state index in [4.69, 9.17) is 16.0 Å². The molecule has 0 saturated carbocycles. The molecule has 0 bridgehead atoms. The van der Waals surface area contributed by atoms with Crippen molar-refractivity contribution in [2.24, 2.45) is 0 Å². The minimum absolute atomic E-state index is 0.644. The highest BCUT2D eigenvalue weighted by molar-refractivity contribution is 6.31. The maximum absolute atomic E-state index is 6.13. The van der Waals surface area contributed by atoms with Crippen LogP contribution in [0.2, 0.25) is 5.02 Å². The van der Waals surface area contributed by atoms with Crippen LogP contribution in [0.25, 0.3) is 11.5 Å². The highest BCUT2D eigenvalue weighted by atomic mass is 35.5. The predicted molar refractivity (Wildman–Crippen MR) is 84.5 cm³/mol. The molecule has 0 unspecified atom stereocenters. The summed E-state index contributed by atoms with van der Waals surface area (Å²) in [6, 6.07) is 9.81. The van der Waals surface area contributed by atoms with E-state index < -0.39 is 0 Å². The molecule has 0 spiro atoms. The Kier molecular flexibility index (Phi) is 3.71. The first-order chi connectivity index (χ1) is 10.1. The van der Waals surface area contributed by atoms with Gasteiger partial charge in [0, 0.05) is 22.8 Å². The third kappa shape index (κ3) is 2.95. The quantitative estimate of drug-likeness (QED) is 0.743. The van der Waals surface area contributed by atoms with Gasteiger partial charge in [0.05, 0.1) is 6.20 Å². The zero-order valence-electron chi connectivity index (χ0n) is 11.9. The molecule has 0 aliphatic heterocycles. The van der Waals surface area contributed by atoms with E-state index in [1.54, 1.807) is 6.20 Å². The summed E-state index contributed by atoms with van der Waals surface area (Å²) in [7, 11) is 0. The first-order valence-electron chi connectivity index (χ1n) is 6.72. The van der Waals surface area contributed by atoms with Crippen LogP contribution in [0, 0.1) is 13.8 Å². The van der Waals surface area contributed by atoms with Gasteiger partial charge in [-0.15, -0.1) is 0 Å². The van der Waals surface area contributed by atoms with E-state index in [2.05, 4.69) is 15.5 Å². The molecule has 5 heteroatoms. The van der Waals surface area contributed by atoms with Crippen LogP contribution in [0.4, 0.5) is 5.69 Å². The van der Waals surface area contributed by atoms with Gasteiger partial charge in [0.15, 0.2) is 5.76 Å². The summed E-state index contributed by atoms with van der Waals surface area (Å²) in [5.41, 5.74) is 3.99. The molecule has 0 radical (unpaired) electrons. The lowest BCUT2D eigenvalue weighted by Crippen LogP contribution is -1.99. The van der Waals surface area contributed by atoms with Gasteiger partial charge < -0.3 is 9.73 Å². The molecule has 0 aliphatic carbocycles. The summed E-state index contributed by atoms with van der Waals surface area (Å²) in [5, 5.41) is 11.2. The average molecular weight is 302 g/mol. The molecule has 4 nitrogen and oxygen atoms in total. The molecule has 0 saturated heterocycles. The van der Waals surface area contributed by atoms with Crippen LogP contribution < -0.4 is 5.32 Å². The lowest BCUT2D eigenvalue weighted by molar-refractivity contribution is 0.545. The molecule has 21 heavy (non-hydrogen) atoms. The van der Waals surface area contributed by atoms with Crippen molar-refractivity contribution in [2.75, 3.05) is 5.32 Å². The standard InChI is InChI=1S/C16H16ClN3O/c1-10-3-5-13(7-14(10)17)18-8-12-9-19-20-16(12)15-6-4-11(2)21-15/h3-7,9,18H,8H2,1-2H3,(H,19,20). The highest BCUT2D eigenvalue weighted by Crippen LogP contribution is 2.25. The highest BCUT2D eigenvalue weighted by Gasteiger charge is 2.11. The molecule has 3 rings (SSSR count). The molecule has 2 aromatic heterocycles. The van der Waals surface area contributed by atoms with E-state index in [-0.39, 0.29) is 0 Å². The van der Waals surface area contributed by atoms with Gasteiger partial charge in [0.2, 0.25) is 0 Å². The molecular weight excluding hydrogens is 286 g/mol. The van der Waals surface area contributed by atoms with Gasteiger partial charge in [-0.05, 0) is 43.7 Å². The Hall–Kier alpha value is -2.20. The summed E-state index contributed by atoms with van der Waals surface area (Å²) in [4.78, 5) is 0. The van der Waals surface area contributed by atoms with Crippen LogP contribution in [0.15, 0.2) is 40.9 Å². The Morgan fingerprint density at radius 1 is 1.24 bits per heavy atom. The minimum Gasteiger partial charge on any atom is -0.460 e. The zero-order chi connectivity index (χ0) is 14.8. The molecule has 0 aliphatic rings. The van der Waals surface area contributed by atoms with E-state index >= 15 is 0 Å². The average Bonchev–Trinajstić information content (AvgIpc) is 3.08. The van der Waals surface area contributed by atoms with Crippen molar-refractivity contribution in [2.45, 2.75) is 20.4 Å². The van der Waals surface area contributed by atoms with Crippen LogP contribution in [0.3, 0.4) is 0 Å². The number of anilines is 1. The summed E-state index contributed by atoms with van der Waals surface area (Å²) < 4.78 is 5.64. The Bertz CT molecular complexity index is 760. The molecule has 108 valence electrons. The number of aromatic amines is 1. The number of hydrogen-bond acceptors (Lipinski definition) is 3. The zero-order valence-corrected chi connectivity index (χ0v) is 12.7. The second-order valence-electron chi connectivity index (χ2n) is 5.00. The largest absolute Gasteiger partial charge is 0.460 e. The number of aromatic nitrogens is 2. The fourth-order valence-electron chi connectivity index (χ4n) is 2.13. The maximum atomic E-state index is 6.13. The number of H-pyrrole nitrogens is 1. The number of furan rings is 1. The van der Waals surface area contributed by atoms with E-state index in [1.807, 2.05) is 44.2 Å². The van der Waals surface area contributed by atoms with Crippen LogP contribution in [-0.4, -0.2) is 10.2 Å². The van der Waals surface area contributed by atoms with Gasteiger partial charge in [0.25, 0.3) is 0 Å². The summed E-state index contributed by atoms with van der Waals surface area (Å²) in [5.74, 6) is 1.67. The Labute approximate surface area is 128 Å². The van der Waals surface area contributed by atoms with Gasteiger partial charge >= 0.3 is 0 Å². The summed E-state index contributed by atoms with van der Waals surface area (Å²) in [6.07, 6.45) is 1.80. The van der Waals surface area contributed by atoms with Gasteiger partial charge in [-0.1, -0.05) is 17.7 Å². The smallest absolute Gasteiger partial charge is 0.152 e. The third-order valence-electron chi connectivity index (χ3n) is 3.36. The first kappa shape index (κ1) is 13.8. The van der Waals surface area contributed by atoms with Crippen molar-refractivity contribution in [3.63, 3.8) is 0 Å². The van der Waals surface area contributed by atoms with Crippen molar-refractivity contribution < 1.29 is 4.42 Å². The Morgan fingerprint density at radius 3 is 2.81 bits per heavy atom. The normalized spacial score (nSPS) is 10.8. The molecule has 1 aromatic carbocycles. The second-order valence-corrected chi connectivity index (χ2v) is 5.41. The van der Waals surface area contributed by atoms with Crippen molar-refractivity contribution in [1.82, 2.24) is 10.2 Å². The Morgan fingerprint density at radius 2 is 2.10 bits per heavy atom. The lowest BCUT2D eigenvalue weighted by atomic mass is 10.2. The van der Waals surface area contributed by atoms with Crippen LogP contribution in [0.1, 0.15) is 16.9 Å². The van der Waals surface area contributed by atoms with Crippen LogP contribution in [0.5, 0.6) is 0 Å². The number of nitrogens with zero attached hydrogens (tertiary/aromatic N) is 1. The number of benzene rings is 1. The van der Waals surface area contributed by atoms with Crippen LogP contribution in [-0.2, 0) is 6.54 Å². The van der Waals surface area contributed by atoms with E-state index in [1.165, 1.54) is 0 Å². The summed E-state index contributed by atoms with van der Waals surface area (Å²) in [6.45, 7) is 4.55. The van der Waals surface area contributed by atoms with E-state index in [0.29, 0.717) is 6.54 Å². The molecule has 0 fully saturated rings. The number of aryl methyl sites for hydroxylation is 2. The van der Waals surface area contributed by atoms with Crippen molar-refractivity contribution in [1.29, 1.82) is 0 Å². The number of rotatable bonds is 4. The maximum Gasteiger partial charge on any atom is 0.152 e. The fourth-order valence-corrected chi connectivity index (χ4v) is 2.31. The van der Waals surface area contributed by atoms with Gasteiger partial charge in [-0.3, -0.25) is 5.10 Å². The second kappa shape index (κ2) is 5.66. The van der Waals surface area contributed by atoms with Gasteiger partial charge in [0.1, 0.15) is 11.5 Å². The van der Waals surface area contributed by atoms with Gasteiger partial charge in [-0.25, -0.2) is 0 Å². The molecular formula is C16H16ClN3O. The lowest BCUT2D eigenvalue weighted by Gasteiger charge is -2.07. The van der Waals surface area contributed by atoms with E-state index in [0.717, 1.165) is 39.1 Å². The third-order valence-corrected chi connectivity index (χ3v) is 3.77. The SMILES string of the molecule is Cc1ccc(-c2[nH]ncc2CNc2ccc(C)c(Cl)c2)o1. The van der Waals surface area contributed by atoms with Gasteiger partial charge in [-0.2, -0.15) is 5.10 Å². The molecule has 0 amide bonds. The van der Waals surface area contributed by atoms with Crippen molar-refractivity contribution in [3.8, 4) is 11.5 Å². The fraction of sp³-hybridized carbons (Fsp3) is 0.188.